The summed E-state index contributed by atoms with van der Waals surface area (Å²) in [6, 6.07) is 0. The van der Waals surface area contributed by atoms with E-state index in [4.69, 9.17) is 0 Å². The molecule has 1 heteroatoms. The van der Waals surface area contributed by atoms with Crippen LogP contribution in [0.5, 0.6) is 0 Å². The molecule has 0 spiro atoms. The van der Waals surface area contributed by atoms with E-state index in [9.17, 15) is 0 Å². The summed E-state index contributed by atoms with van der Waals surface area (Å²) in [4.78, 5) is 0. The molecule has 1 aliphatic rings. The predicted molar refractivity (Wildman–Crippen MR) is 58.9 cm³/mol. The summed E-state index contributed by atoms with van der Waals surface area (Å²) in [5, 5.41) is 0. The van der Waals surface area contributed by atoms with Gasteiger partial charge in [0.25, 0.3) is 0 Å². The van der Waals surface area contributed by atoms with Crippen LogP contribution >= 0.6 is 0 Å². The molecule has 1 nitrogen and oxygen atoms in total. The van der Waals surface area contributed by atoms with Crippen molar-refractivity contribution < 1.29 is 4.74 Å². The molecule has 1 rings (SSSR count). The van der Waals surface area contributed by atoms with E-state index in [1.807, 2.05) is 0 Å². The lowest BCUT2D eigenvalue weighted by atomic mass is 9.78. The maximum atomic E-state index is 4.25. The fraction of sp³-hybridized carbons (Fsp3) is 1.00. The summed E-state index contributed by atoms with van der Waals surface area (Å²) in [7, 11) is 3.25. The van der Waals surface area contributed by atoms with E-state index in [-0.39, 0.29) is 0 Å². The first kappa shape index (κ1) is 13.0. The second-order valence-electron chi connectivity index (χ2n) is 4.67. The van der Waals surface area contributed by atoms with Crippen molar-refractivity contribution in [1.82, 2.24) is 0 Å². The second kappa shape index (κ2) is 7.37. The van der Waals surface area contributed by atoms with Crippen molar-refractivity contribution >= 4 is 0 Å². The first-order valence-electron chi connectivity index (χ1n) is 5.51. The SMILES string of the molecule is CC1CCC(C(C)C)CC1.COC. The molecule has 0 aromatic rings. The van der Waals surface area contributed by atoms with Gasteiger partial charge in [-0.15, -0.1) is 0 Å². The topological polar surface area (TPSA) is 9.23 Å². The van der Waals surface area contributed by atoms with E-state index in [1.54, 1.807) is 14.2 Å². The van der Waals surface area contributed by atoms with Crippen LogP contribution in [0.4, 0.5) is 0 Å². The molecule has 0 aromatic heterocycles. The van der Waals surface area contributed by atoms with Gasteiger partial charge >= 0.3 is 0 Å². The lowest BCUT2D eigenvalue weighted by molar-refractivity contribution is 0.234. The standard InChI is InChI=1S/C10H20.C2H6O/c1-8(2)10-6-4-9(3)5-7-10;1-3-2/h8-10H,4-7H2,1-3H3;1-2H3. The van der Waals surface area contributed by atoms with E-state index in [0.29, 0.717) is 0 Å². The van der Waals surface area contributed by atoms with Gasteiger partial charge in [-0.2, -0.15) is 0 Å². The smallest absolute Gasteiger partial charge is 0.0351 e. The molecule has 0 bridgehead atoms. The molecular formula is C12H26O. The van der Waals surface area contributed by atoms with Gasteiger partial charge in [0.15, 0.2) is 0 Å². The molecule has 0 N–H and O–H groups in total. The fourth-order valence-corrected chi connectivity index (χ4v) is 1.95. The summed E-state index contributed by atoms with van der Waals surface area (Å²) in [6.45, 7) is 7.11. The van der Waals surface area contributed by atoms with Gasteiger partial charge in [-0.1, -0.05) is 33.6 Å². The van der Waals surface area contributed by atoms with Crippen molar-refractivity contribution in [3.63, 3.8) is 0 Å². The molecule has 0 amide bonds. The highest BCUT2D eigenvalue weighted by Crippen LogP contribution is 2.32. The van der Waals surface area contributed by atoms with Gasteiger partial charge in [-0.3, -0.25) is 0 Å². The molecule has 0 radical (unpaired) electrons. The molecule has 80 valence electrons. The Kier molecular flexibility index (Phi) is 7.35. The van der Waals surface area contributed by atoms with Gasteiger partial charge in [-0.25, -0.2) is 0 Å². The van der Waals surface area contributed by atoms with Crippen molar-refractivity contribution in [2.24, 2.45) is 17.8 Å². The van der Waals surface area contributed by atoms with Crippen LogP contribution in [-0.2, 0) is 4.74 Å². The largest absolute Gasteiger partial charge is 0.388 e. The second-order valence-corrected chi connectivity index (χ2v) is 4.67. The third kappa shape index (κ3) is 6.09. The Labute approximate surface area is 83.9 Å². The lowest BCUT2D eigenvalue weighted by Crippen LogP contribution is -2.16. The van der Waals surface area contributed by atoms with Gasteiger partial charge in [0.05, 0.1) is 0 Å². The van der Waals surface area contributed by atoms with Gasteiger partial charge in [-0.05, 0) is 30.6 Å². The van der Waals surface area contributed by atoms with Crippen LogP contribution in [0.3, 0.4) is 0 Å². The number of methoxy groups -OCH3 is 1. The fourth-order valence-electron chi connectivity index (χ4n) is 1.95. The summed E-state index contributed by atoms with van der Waals surface area (Å²) >= 11 is 0. The minimum absolute atomic E-state index is 0.924. The highest BCUT2D eigenvalue weighted by atomic mass is 16.4. The first-order valence-corrected chi connectivity index (χ1v) is 5.51. The number of ether oxygens (including phenoxy) is 1. The molecule has 0 heterocycles. The number of hydrogen-bond acceptors (Lipinski definition) is 1. The number of rotatable bonds is 1. The predicted octanol–water partition coefficient (Wildman–Crippen LogP) is 3.73. The molecule has 13 heavy (non-hydrogen) atoms. The van der Waals surface area contributed by atoms with Crippen LogP contribution in [-0.4, -0.2) is 14.2 Å². The summed E-state index contributed by atoms with van der Waals surface area (Å²) in [5.41, 5.74) is 0. The minimum Gasteiger partial charge on any atom is -0.388 e. The zero-order chi connectivity index (χ0) is 10.3. The van der Waals surface area contributed by atoms with E-state index in [0.717, 1.165) is 17.8 Å². The van der Waals surface area contributed by atoms with Crippen LogP contribution in [0.1, 0.15) is 46.5 Å². The molecular weight excluding hydrogens is 160 g/mol. The lowest BCUT2D eigenvalue weighted by Gasteiger charge is -2.28. The molecule has 1 aliphatic carbocycles. The van der Waals surface area contributed by atoms with Crippen LogP contribution in [0.25, 0.3) is 0 Å². The van der Waals surface area contributed by atoms with Crippen LogP contribution in [0, 0.1) is 17.8 Å². The Hall–Kier alpha value is -0.0400. The molecule has 1 saturated carbocycles. The Morgan fingerprint density at radius 3 is 1.69 bits per heavy atom. The molecule has 0 aromatic carbocycles. The molecule has 0 unspecified atom stereocenters. The van der Waals surface area contributed by atoms with Gasteiger partial charge in [0, 0.05) is 14.2 Å². The molecule has 0 aliphatic heterocycles. The van der Waals surface area contributed by atoms with Crippen LogP contribution in [0.2, 0.25) is 0 Å². The van der Waals surface area contributed by atoms with Gasteiger partial charge in [0.1, 0.15) is 0 Å². The van der Waals surface area contributed by atoms with Crippen LogP contribution in [0.15, 0.2) is 0 Å². The van der Waals surface area contributed by atoms with Crippen molar-refractivity contribution in [2.45, 2.75) is 46.5 Å². The van der Waals surface area contributed by atoms with Crippen molar-refractivity contribution in [2.75, 3.05) is 14.2 Å². The zero-order valence-electron chi connectivity index (χ0n) is 9.97. The monoisotopic (exact) mass is 186 g/mol. The van der Waals surface area contributed by atoms with Gasteiger partial charge < -0.3 is 4.74 Å². The molecule has 0 saturated heterocycles. The third-order valence-electron chi connectivity index (χ3n) is 3.00. The number of hydrogen-bond donors (Lipinski definition) is 0. The third-order valence-corrected chi connectivity index (χ3v) is 3.00. The summed E-state index contributed by atoms with van der Waals surface area (Å²) in [5.74, 6) is 2.97. The Bertz CT molecular complexity index is 102. The van der Waals surface area contributed by atoms with Gasteiger partial charge in [0.2, 0.25) is 0 Å². The highest BCUT2D eigenvalue weighted by Gasteiger charge is 2.19. The quantitative estimate of drug-likeness (QED) is 0.606. The summed E-state index contributed by atoms with van der Waals surface area (Å²) < 4.78 is 4.25. The molecule has 1 fully saturated rings. The van der Waals surface area contributed by atoms with Crippen molar-refractivity contribution in [3.8, 4) is 0 Å². The summed E-state index contributed by atoms with van der Waals surface area (Å²) in [6.07, 6.45) is 5.92. The highest BCUT2D eigenvalue weighted by molar-refractivity contribution is 4.71. The Morgan fingerprint density at radius 1 is 1.00 bits per heavy atom. The maximum absolute atomic E-state index is 4.25. The molecule has 0 atom stereocenters. The Balaban J connectivity index is 0.000000424. The van der Waals surface area contributed by atoms with Crippen molar-refractivity contribution in [1.29, 1.82) is 0 Å². The zero-order valence-corrected chi connectivity index (χ0v) is 9.97. The first-order chi connectivity index (χ1) is 6.11. The maximum Gasteiger partial charge on any atom is 0.0351 e. The van der Waals surface area contributed by atoms with Crippen molar-refractivity contribution in [3.05, 3.63) is 0 Å². The van der Waals surface area contributed by atoms with E-state index < -0.39 is 0 Å². The van der Waals surface area contributed by atoms with E-state index >= 15 is 0 Å². The normalized spacial score (nSPS) is 28.2. The average Bonchev–Trinajstić information content (AvgIpc) is 2.06. The Morgan fingerprint density at radius 2 is 1.38 bits per heavy atom. The average molecular weight is 186 g/mol. The van der Waals surface area contributed by atoms with E-state index in [2.05, 4.69) is 25.5 Å². The van der Waals surface area contributed by atoms with Crippen LogP contribution < -0.4 is 0 Å². The van der Waals surface area contributed by atoms with E-state index in [1.165, 1.54) is 25.7 Å². The minimum atomic E-state index is 0.924.